The molecular formula is C47H89NO8. The van der Waals surface area contributed by atoms with Gasteiger partial charge in [-0.1, -0.05) is 167 Å². The van der Waals surface area contributed by atoms with Gasteiger partial charge in [-0.25, -0.2) is 0 Å². The molecule has 6 N–H and O–H groups in total. The van der Waals surface area contributed by atoms with Crippen molar-refractivity contribution in [2.45, 2.75) is 256 Å². The quantitative estimate of drug-likeness (QED) is 0.0266. The van der Waals surface area contributed by atoms with E-state index < -0.39 is 49.5 Å². The van der Waals surface area contributed by atoms with Gasteiger partial charge in [0, 0.05) is 6.42 Å². The number of nitrogens with one attached hydrogen (secondary N) is 1. The summed E-state index contributed by atoms with van der Waals surface area (Å²) in [5.74, 6) is -0.155. The molecule has 7 atom stereocenters. The Bertz CT molecular complexity index is 930. The van der Waals surface area contributed by atoms with Crippen molar-refractivity contribution in [2.24, 2.45) is 0 Å². The van der Waals surface area contributed by atoms with Gasteiger partial charge in [0.1, 0.15) is 24.4 Å². The molecule has 0 aromatic heterocycles. The van der Waals surface area contributed by atoms with E-state index in [-0.39, 0.29) is 12.5 Å². The molecule has 9 nitrogen and oxygen atoms in total. The monoisotopic (exact) mass is 796 g/mol. The molecule has 2 unspecified atom stereocenters. The number of ether oxygens (including phenoxy) is 2. The second-order valence-electron chi connectivity index (χ2n) is 16.5. The van der Waals surface area contributed by atoms with Gasteiger partial charge in [0.2, 0.25) is 5.91 Å². The lowest BCUT2D eigenvalue weighted by atomic mass is 9.99. The minimum absolute atomic E-state index is 0.149. The Morgan fingerprint density at radius 2 is 1.00 bits per heavy atom. The third kappa shape index (κ3) is 28.2. The zero-order valence-corrected chi connectivity index (χ0v) is 36.1. The molecular weight excluding hydrogens is 707 g/mol. The third-order valence-corrected chi connectivity index (χ3v) is 11.3. The van der Waals surface area contributed by atoms with Crippen molar-refractivity contribution in [1.29, 1.82) is 0 Å². The minimum Gasteiger partial charge on any atom is -0.394 e. The van der Waals surface area contributed by atoms with Crippen molar-refractivity contribution in [3.8, 4) is 0 Å². The number of hydrogen-bond acceptors (Lipinski definition) is 8. The number of aliphatic hydroxyl groups is 5. The number of carbonyl (C=O) groups is 1. The Balaban J connectivity index is 2.28. The van der Waals surface area contributed by atoms with E-state index in [1.807, 2.05) is 0 Å². The van der Waals surface area contributed by atoms with Crippen molar-refractivity contribution in [3.63, 3.8) is 0 Å². The first-order chi connectivity index (χ1) is 27.3. The van der Waals surface area contributed by atoms with Crippen LogP contribution in [0.5, 0.6) is 0 Å². The number of carbonyl (C=O) groups excluding carboxylic acids is 1. The SMILES string of the molecule is CCCCCCCC/C=C/CCCCCCCCCCCCCC(=O)N[C@@H](CO[C@H]1O[C@@H](CO)[C@H](O)C(O)C1O)[C@H](O)CCCC/C=C/CCCCCCCC. The average Bonchev–Trinajstić information content (AvgIpc) is 3.20. The van der Waals surface area contributed by atoms with Crippen LogP contribution in [0.2, 0.25) is 0 Å². The molecule has 0 aliphatic carbocycles. The maximum atomic E-state index is 13.0. The Hall–Kier alpha value is -1.33. The van der Waals surface area contributed by atoms with Crippen molar-refractivity contribution in [2.75, 3.05) is 13.2 Å². The fourth-order valence-electron chi connectivity index (χ4n) is 7.44. The highest BCUT2D eigenvalue weighted by molar-refractivity contribution is 5.76. The smallest absolute Gasteiger partial charge is 0.220 e. The van der Waals surface area contributed by atoms with Crippen LogP contribution in [0.15, 0.2) is 24.3 Å². The Labute approximate surface area is 343 Å². The summed E-state index contributed by atoms with van der Waals surface area (Å²) in [6.07, 6.45) is 37.6. The van der Waals surface area contributed by atoms with Gasteiger partial charge < -0.3 is 40.3 Å². The van der Waals surface area contributed by atoms with Crippen LogP contribution >= 0.6 is 0 Å². The van der Waals surface area contributed by atoms with Gasteiger partial charge in [0.05, 0.1) is 25.4 Å². The molecule has 1 aliphatic rings. The zero-order chi connectivity index (χ0) is 40.9. The number of hydrogen-bond donors (Lipinski definition) is 6. The Morgan fingerprint density at radius 1 is 0.589 bits per heavy atom. The van der Waals surface area contributed by atoms with Crippen LogP contribution in [0.25, 0.3) is 0 Å². The molecule has 1 heterocycles. The van der Waals surface area contributed by atoms with Crippen LogP contribution in [-0.4, -0.2) is 87.5 Å². The van der Waals surface area contributed by atoms with Gasteiger partial charge in [0.15, 0.2) is 6.29 Å². The van der Waals surface area contributed by atoms with E-state index in [4.69, 9.17) is 9.47 Å². The maximum Gasteiger partial charge on any atom is 0.220 e. The van der Waals surface area contributed by atoms with E-state index >= 15 is 0 Å². The molecule has 56 heavy (non-hydrogen) atoms. The number of allylic oxidation sites excluding steroid dienone is 4. The van der Waals surface area contributed by atoms with E-state index in [1.165, 1.54) is 141 Å². The molecule has 9 heteroatoms. The highest BCUT2D eigenvalue weighted by Crippen LogP contribution is 2.23. The van der Waals surface area contributed by atoms with E-state index in [9.17, 15) is 30.3 Å². The van der Waals surface area contributed by atoms with Gasteiger partial charge in [0.25, 0.3) is 0 Å². The summed E-state index contributed by atoms with van der Waals surface area (Å²) in [5, 5.41) is 54.3. The zero-order valence-electron chi connectivity index (χ0n) is 36.1. The molecule has 1 aliphatic heterocycles. The topological polar surface area (TPSA) is 149 Å². The van der Waals surface area contributed by atoms with Gasteiger partial charge in [-0.15, -0.1) is 0 Å². The van der Waals surface area contributed by atoms with Crippen LogP contribution in [0.1, 0.15) is 213 Å². The average molecular weight is 796 g/mol. The fourth-order valence-corrected chi connectivity index (χ4v) is 7.44. The largest absolute Gasteiger partial charge is 0.394 e. The van der Waals surface area contributed by atoms with E-state index in [0.717, 1.165) is 44.9 Å². The minimum atomic E-state index is -1.56. The summed E-state index contributed by atoms with van der Waals surface area (Å²) < 4.78 is 11.2. The maximum absolute atomic E-state index is 13.0. The number of unbranched alkanes of at least 4 members (excludes halogenated alkanes) is 25. The highest BCUT2D eigenvalue weighted by atomic mass is 16.7. The van der Waals surface area contributed by atoms with Crippen molar-refractivity contribution >= 4 is 5.91 Å². The molecule has 1 amide bonds. The Kier molecular flexibility index (Phi) is 35.7. The van der Waals surface area contributed by atoms with Gasteiger partial charge in [-0.2, -0.15) is 0 Å². The van der Waals surface area contributed by atoms with Crippen LogP contribution in [-0.2, 0) is 14.3 Å². The van der Waals surface area contributed by atoms with Gasteiger partial charge >= 0.3 is 0 Å². The first-order valence-electron chi connectivity index (χ1n) is 23.5. The summed E-state index contributed by atoms with van der Waals surface area (Å²) in [4.78, 5) is 13.0. The lowest BCUT2D eigenvalue weighted by Gasteiger charge is -2.40. The molecule has 0 bridgehead atoms. The second-order valence-corrected chi connectivity index (χ2v) is 16.5. The number of rotatable bonds is 39. The fraction of sp³-hybridized carbons (Fsp3) is 0.894. The third-order valence-electron chi connectivity index (χ3n) is 11.3. The highest BCUT2D eigenvalue weighted by Gasteiger charge is 2.44. The van der Waals surface area contributed by atoms with E-state index in [0.29, 0.717) is 12.8 Å². The predicted octanol–water partition coefficient (Wildman–Crippen LogP) is 9.89. The molecule has 0 spiro atoms. The summed E-state index contributed by atoms with van der Waals surface area (Å²) in [7, 11) is 0. The summed E-state index contributed by atoms with van der Waals surface area (Å²) in [6, 6.07) is -0.732. The Morgan fingerprint density at radius 3 is 1.45 bits per heavy atom. The normalized spacial score (nSPS) is 21.3. The molecule has 1 fully saturated rings. The lowest BCUT2D eigenvalue weighted by Crippen LogP contribution is -2.60. The number of aliphatic hydroxyl groups excluding tert-OH is 5. The van der Waals surface area contributed by atoms with Crippen molar-refractivity contribution < 1.29 is 39.8 Å². The van der Waals surface area contributed by atoms with Crippen molar-refractivity contribution in [1.82, 2.24) is 5.32 Å². The standard InChI is InChI=1S/C47H89NO8/c1-3-5-7-9-11-13-15-17-18-19-20-21-22-23-24-25-27-29-31-33-35-37-43(51)48-40(39-55-47-46(54)45(53)44(52)42(38-49)56-47)41(50)36-34-32-30-28-26-16-14-12-10-8-6-4-2/h17-18,26,28,40-42,44-47,49-50,52-54H,3-16,19-25,27,29-39H2,1-2H3,(H,48,51)/b18-17+,28-26+/t40-,41+,42-,44-,45?,46?,47-/m0/s1. The molecule has 0 saturated carbocycles. The predicted molar refractivity (Wildman–Crippen MR) is 230 cm³/mol. The van der Waals surface area contributed by atoms with Crippen LogP contribution in [0.3, 0.4) is 0 Å². The van der Waals surface area contributed by atoms with Crippen LogP contribution in [0, 0.1) is 0 Å². The number of amides is 1. The summed E-state index contributed by atoms with van der Waals surface area (Å²) in [5.41, 5.74) is 0. The molecule has 0 aromatic rings. The first-order valence-corrected chi connectivity index (χ1v) is 23.5. The van der Waals surface area contributed by atoms with Crippen LogP contribution < -0.4 is 5.32 Å². The second kappa shape index (κ2) is 37.9. The van der Waals surface area contributed by atoms with Gasteiger partial charge in [-0.3, -0.25) is 4.79 Å². The van der Waals surface area contributed by atoms with E-state index in [1.54, 1.807) is 0 Å². The van der Waals surface area contributed by atoms with E-state index in [2.05, 4.69) is 43.5 Å². The first kappa shape index (κ1) is 52.7. The van der Waals surface area contributed by atoms with Crippen molar-refractivity contribution in [3.05, 3.63) is 24.3 Å². The van der Waals surface area contributed by atoms with Crippen LogP contribution in [0.4, 0.5) is 0 Å². The lowest BCUT2D eigenvalue weighted by molar-refractivity contribution is -0.302. The molecule has 0 aromatic carbocycles. The summed E-state index contributed by atoms with van der Waals surface area (Å²) in [6.45, 7) is 3.80. The molecule has 1 saturated heterocycles. The summed E-state index contributed by atoms with van der Waals surface area (Å²) >= 11 is 0. The molecule has 1 rings (SSSR count). The molecule has 0 radical (unpaired) electrons. The molecule has 330 valence electrons. The van der Waals surface area contributed by atoms with Gasteiger partial charge in [-0.05, 0) is 64.2 Å².